The molecule has 2 N–H and O–H groups in total. The zero-order chi connectivity index (χ0) is 33.9. The van der Waals surface area contributed by atoms with Crippen molar-refractivity contribution in [1.29, 1.82) is 0 Å². The van der Waals surface area contributed by atoms with Gasteiger partial charge in [-0.3, -0.25) is 28.9 Å². The molecule has 0 bridgehead atoms. The van der Waals surface area contributed by atoms with Gasteiger partial charge in [0.15, 0.2) is 11.5 Å². The average molecular weight is 779 g/mol. The number of carbonyl (C=O) groups is 5. The van der Waals surface area contributed by atoms with E-state index in [2.05, 4.69) is 0 Å². The number of allylic oxidation sites excluding steroid dienone is 2. The molecule has 1 saturated carbocycles. The summed E-state index contributed by atoms with van der Waals surface area (Å²) in [5, 5.41) is 19.3. The molecule has 4 aliphatic rings. The number of anilines is 1. The molecule has 2 aromatic rings. The first-order valence-corrected chi connectivity index (χ1v) is 16.9. The summed E-state index contributed by atoms with van der Waals surface area (Å²) in [5.41, 5.74) is 0.180. The van der Waals surface area contributed by atoms with Gasteiger partial charge in [-0.25, -0.2) is 9.29 Å². The van der Waals surface area contributed by atoms with Gasteiger partial charge < -0.3 is 14.9 Å². The highest BCUT2D eigenvalue weighted by atomic mass is 127. The van der Waals surface area contributed by atoms with Crippen molar-refractivity contribution in [3.05, 3.63) is 62.0 Å². The minimum absolute atomic E-state index is 0.0128. The SMILES string of the molecule is COc1cc(C2C3=CCC4C(=O)N(CCCCCC(=O)O)C(=O)C4C3CC3C(=O)N(c4ccc(F)c(Cl)c4)C(=O)C32C)cc(I)c1O. The number of rotatable bonds is 9. The molecule has 2 aromatic carbocycles. The molecule has 13 heteroatoms. The summed E-state index contributed by atoms with van der Waals surface area (Å²) >= 11 is 8.04. The molecule has 248 valence electrons. The predicted octanol–water partition coefficient (Wildman–Crippen LogP) is 5.67. The second-order valence-electron chi connectivity index (χ2n) is 12.8. The highest BCUT2D eigenvalue weighted by molar-refractivity contribution is 14.1. The van der Waals surface area contributed by atoms with Crippen LogP contribution < -0.4 is 9.64 Å². The Morgan fingerprint density at radius 1 is 1.09 bits per heavy atom. The van der Waals surface area contributed by atoms with Crippen LogP contribution in [0.25, 0.3) is 0 Å². The van der Waals surface area contributed by atoms with E-state index in [1.165, 1.54) is 24.1 Å². The standard InChI is InChI=1S/C34H33ClFIN2O8/c1-34-21(31(44)39(33(34)46)17-7-10-23(36)22(35)14-17)15-20-18(28(34)16-12-24(37)29(42)25(13-16)47-2)8-9-19-27(20)32(45)38(30(19)43)11-5-3-4-6-26(40)41/h7-8,10,12-14,19-21,27-28,42H,3-6,9,11,15H2,1-2H3,(H,40,41). The smallest absolute Gasteiger partial charge is 0.303 e. The Morgan fingerprint density at radius 3 is 2.51 bits per heavy atom. The number of aliphatic carboxylic acids is 1. The second kappa shape index (κ2) is 12.5. The van der Waals surface area contributed by atoms with Crippen molar-refractivity contribution in [2.45, 2.75) is 51.4 Å². The maximum Gasteiger partial charge on any atom is 0.303 e. The summed E-state index contributed by atoms with van der Waals surface area (Å²) in [7, 11) is 1.41. The molecule has 2 saturated heterocycles. The number of methoxy groups -OCH3 is 1. The van der Waals surface area contributed by atoms with E-state index in [0.717, 1.165) is 16.5 Å². The van der Waals surface area contributed by atoms with E-state index in [0.29, 0.717) is 28.4 Å². The lowest BCUT2D eigenvalue weighted by Crippen LogP contribution is -2.48. The Hall–Kier alpha value is -3.52. The number of imide groups is 2. The number of carboxylic acid groups (broad SMARTS) is 1. The molecule has 4 amide bonds. The summed E-state index contributed by atoms with van der Waals surface area (Å²) in [4.78, 5) is 69.6. The molecule has 6 rings (SSSR count). The van der Waals surface area contributed by atoms with Crippen molar-refractivity contribution in [2.75, 3.05) is 18.6 Å². The Bertz CT molecular complexity index is 1750. The number of phenols is 1. The van der Waals surface area contributed by atoms with Gasteiger partial charge >= 0.3 is 5.97 Å². The monoisotopic (exact) mass is 778 g/mol. The van der Waals surface area contributed by atoms with E-state index in [-0.39, 0.29) is 59.8 Å². The molecule has 47 heavy (non-hydrogen) atoms. The van der Waals surface area contributed by atoms with Crippen molar-refractivity contribution in [3.8, 4) is 11.5 Å². The number of hydrogen-bond donors (Lipinski definition) is 2. The molecule has 3 fully saturated rings. The summed E-state index contributed by atoms with van der Waals surface area (Å²) in [6.07, 6.45) is 3.84. The fraction of sp³-hybridized carbons (Fsp3) is 0.441. The summed E-state index contributed by atoms with van der Waals surface area (Å²) < 4.78 is 20.0. The molecule has 0 aromatic heterocycles. The molecule has 2 heterocycles. The van der Waals surface area contributed by atoms with E-state index in [9.17, 15) is 33.5 Å². The average Bonchev–Trinajstić information content (AvgIpc) is 3.39. The maximum absolute atomic E-state index is 14.5. The summed E-state index contributed by atoms with van der Waals surface area (Å²) in [5.74, 6) is -6.59. The lowest BCUT2D eigenvalue weighted by atomic mass is 9.51. The molecule has 0 spiro atoms. The van der Waals surface area contributed by atoms with E-state index >= 15 is 0 Å². The minimum Gasteiger partial charge on any atom is -0.504 e. The number of likely N-dealkylation sites (tertiary alicyclic amines) is 1. The third-order valence-electron chi connectivity index (χ3n) is 10.4. The van der Waals surface area contributed by atoms with Crippen LogP contribution in [0, 0.1) is 38.5 Å². The molecular formula is C34H33ClFIN2O8. The first-order chi connectivity index (χ1) is 22.3. The summed E-state index contributed by atoms with van der Waals surface area (Å²) in [6, 6.07) is 7.04. The highest BCUT2D eigenvalue weighted by Gasteiger charge is 2.67. The van der Waals surface area contributed by atoms with Gasteiger partial charge in [0.05, 0.1) is 44.6 Å². The number of carbonyl (C=O) groups excluding carboxylic acids is 4. The van der Waals surface area contributed by atoms with Gasteiger partial charge in [-0.1, -0.05) is 29.7 Å². The third kappa shape index (κ3) is 5.31. The largest absolute Gasteiger partial charge is 0.504 e. The fourth-order valence-electron chi connectivity index (χ4n) is 8.19. The van der Waals surface area contributed by atoms with Crippen molar-refractivity contribution in [2.24, 2.45) is 29.1 Å². The second-order valence-corrected chi connectivity index (χ2v) is 14.4. The number of amides is 4. The number of fused-ring (bicyclic) bond motifs is 4. The van der Waals surface area contributed by atoms with Gasteiger partial charge in [0.2, 0.25) is 23.6 Å². The topological polar surface area (TPSA) is 142 Å². The number of halogens is 3. The van der Waals surface area contributed by atoms with Crippen molar-refractivity contribution in [1.82, 2.24) is 4.90 Å². The number of hydrogen-bond acceptors (Lipinski definition) is 7. The fourth-order valence-corrected chi connectivity index (χ4v) is 8.99. The van der Waals surface area contributed by atoms with Crippen LogP contribution in [0.5, 0.6) is 11.5 Å². The van der Waals surface area contributed by atoms with Crippen molar-refractivity contribution >= 4 is 69.5 Å². The maximum atomic E-state index is 14.5. The van der Waals surface area contributed by atoms with Crippen LogP contribution in [-0.2, 0) is 24.0 Å². The molecule has 2 aliphatic heterocycles. The number of nitrogens with zero attached hydrogens (tertiary/aromatic N) is 2. The molecule has 6 atom stereocenters. The normalized spacial score (nSPS) is 28.3. The molecule has 10 nitrogen and oxygen atoms in total. The molecule has 2 aliphatic carbocycles. The lowest BCUT2D eigenvalue weighted by molar-refractivity contribution is -0.141. The number of benzene rings is 2. The quantitative estimate of drug-likeness (QED) is 0.144. The molecule has 6 unspecified atom stereocenters. The zero-order valence-electron chi connectivity index (χ0n) is 25.7. The van der Waals surface area contributed by atoms with E-state index in [1.54, 1.807) is 19.1 Å². The minimum atomic E-state index is -1.34. The van der Waals surface area contributed by atoms with Crippen LogP contribution in [0.1, 0.15) is 56.9 Å². The first kappa shape index (κ1) is 33.4. The zero-order valence-corrected chi connectivity index (χ0v) is 28.6. The molecular weight excluding hydrogens is 746 g/mol. The van der Waals surface area contributed by atoms with Gasteiger partial charge in [0.25, 0.3) is 0 Å². The van der Waals surface area contributed by atoms with Crippen LogP contribution in [0.2, 0.25) is 5.02 Å². The van der Waals surface area contributed by atoms with Gasteiger partial charge in [0, 0.05) is 18.9 Å². The lowest BCUT2D eigenvalue weighted by Gasteiger charge is -2.49. The number of ether oxygens (including phenoxy) is 1. The molecule has 0 radical (unpaired) electrons. The Kier molecular flexibility index (Phi) is 8.88. The van der Waals surface area contributed by atoms with Gasteiger partial charge in [-0.2, -0.15) is 0 Å². The van der Waals surface area contributed by atoms with Crippen LogP contribution in [-0.4, -0.2) is 58.4 Å². The van der Waals surface area contributed by atoms with Crippen molar-refractivity contribution in [3.63, 3.8) is 0 Å². The number of carboxylic acids is 1. The first-order valence-electron chi connectivity index (χ1n) is 15.5. The highest BCUT2D eigenvalue weighted by Crippen LogP contribution is 2.64. The predicted molar refractivity (Wildman–Crippen MR) is 176 cm³/mol. The number of aromatic hydroxyl groups is 1. The van der Waals surface area contributed by atoms with Crippen LogP contribution in [0.15, 0.2) is 42.0 Å². The van der Waals surface area contributed by atoms with E-state index in [4.69, 9.17) is 21.4 Å². The van der Waals surface area contributed by atoms with Crippen LogP contribution in [0.4, 0.5) is 10.1 Å². The number of unbranched alkanes of at least 4 members (excludes halogenated alkanes) is 2. The Balaban J connectivity index is 1.42. The van der Waals surface area contributed by atoms with Crippen LogP contribution >= 0.6 is 34.2 Å². The third-order valence-corrected chi connectivity index (χ3v) is 11.5. The van der Waals surface area contributed by atoms with Crippen molar-refractivity contribution < 1.29 is 43.3 Å². The summed E-state index contributed by atoms with van der Waals surface area (Å²) in [6.45, 7) is 1.91. The number of phenolic OH excluding ortho intramolecular Hbond substituents is 1. The van der Waals surface area contributed by atoms with E-state index in [1.807, 2.05) is 28.7 Å². The van der Waals surface area contributed by atoms with Gasteiger partial charge in [-0.05, 0) is 97.0 Å². The van der Waals surface area contributed by atoms with E-state index < -0.39 is 58.6 Å². The Labute approximate surface area is 289 Å². The van der Waals surface area contributed by atoms with Crippen LogP contribution in [0.3, 0.4) is 0 Å². The Morgan fingerprint density at radius 2 is 1.83 bits per heavy atom. The van der Waals surface area contributed by atoms with Gasteiger partial charge in [-0.15, -0.1) is 0 Å². The van der Waals surface area contributed by atoms with Gasteiger partial charge in [0.1, 0.15) is 5.82 Å².